The Labute approximate surface area is 207 Å². The SMILES string of the molecule is O=C(NCC(c1ccc(Cl)cc1)N1CCCCC1)c1cn(-c2ncccn2)c2nccc(Cl)c12. The summed E-state index contributed by atoms with van der Waals surface area (Å²) in [5, 5.41) is 4.87. The van der Waals surface area contributed by atoms with Crippen LogP contribution in [0.3, 0.4) is 0 Å². The van der Waals surface area contributed by atoms with Crippen LogP contribution in [0.2, 0.25) is 10.0 Å². The van der Waals surface area contributed by atoms with Crippen LogP contribution in [0.15, 0.2) is 61.2 Å². The van der Waals surface area contributed by atoms with Crippen molar-refractivity contribution in [3.05, 3.63) is 82.4 Å². The molecule has 3 aromatic heterocycles. The van der Waals surface area contributed by atoms with Gasteiger partial charge >= 0.3 is 0 Å². The molecule has 1 aliphatic heterocycles. The Bertz CT molecular complexity index is 1290. The lowest BCUT2D eigenvalue weighted by molar-refractivity contribution is 0.0926. The Morgan fingerprint density at radius 1 is 0.971 bits per heavy atom. The Balaban J connectivity index is 1.45. The maximum absolute atomic E-state index is 13.4. The van der Waals surface area contributed by atoms with Gasteiger partial charge in [0.1, 0.15) is 5.65 Å². The van der Waals surface area contributed by atoms with Gasteiger partial charge in [-0.3, -0.25) is 14.3 Å². The predicted molar refractivity (Wildman–Crippen MR) is 134 cm³/mol. The van der Waals surface area contributed by atoms with E-state index in [2.05, 4.69) is 25.2 Å². The number of pyridine rings is 1. The normalized spacial score (nSPS) is 15.4. The molecule has 1 aromatic carbocycles. The number of rotatable bonds is 6. The number of carbonyl (C=O) groups excluding carboxylic acids is 1. The van der Waals surface area contributed by atoms with Crippen LogP contribution in [0.4, 0.5) is 0 Å². The Morgan fingerprint density at radius 2 is 1.71 bits per heavy atom. The van der Waals surface area contributed by atoms with Gasteiger partial charge in [-0.25, -0.2) is 15.0 Å². The van der Waals surface area contributed by atoms with Crippen molar-refractivity contribution in [1.29, 1.82) is 0 Å². The number of piperidine rings is 1. The maximum Gasteiger partial charge on any atom is 0.253 e. The Kier molecular flexibility index (Phi) is 6.76. The highest BCUT2D eigenvalue weighted by Crippen LogP contribution is 2.29. The molecule has 9 heteroatoms. The average molecular weight is 495 g/mol. The summed E-state index contributed by atoms with van der Waals surface area (Å²) in [4.78, 5) is 28.9. The molecule has 5 rings (SSSR count). The molecule has 1 aliphatic rings. The number of nitrogens with zero attached hydrogens (tertiary/aromatic N) is 5. The van der Waals surface area contributed by atoms with Gasteiger partial charge < -0.3 is 5.32 Å². The van der Waals surface area contributed by atoms with E-state index in [-0.39, 0.29) is 11.9 Å². The van der Waals surface area contributed by atoms with E-state index in [0.717, 1.165) is 31.5 Å². The van der Waals surface area contributed by atoms with Crippen molar-refractivity contribution in [1.82, 2.24) is 29.7 Å². The molecule has 0 spiro atoms. The van der Waals surface area contributed by atoms with Gasteiger partial charge in [0.05, 0.1) is 22.0 Å². The zero-order valence-electron chi connectivity index (χ0n) is 18.5. The predicted octanol–water partition coefficient (Wildman–Crippen LogP) is 5.08. The van der Waals surface area contributed by atoms with Crippen LogP contribution in [-0.2, 0) is 0 Å². The first-order valence-corrected chi connectivity index (χ1v) is 12.1. The summed E-state index contributed by atoms with van der Waals surface area (Å²) in [5.41, 5.74) is 2.11. The number of carbonyl (C=O) groups is 1. The molecule has 0 bridgehead atoms. The first kappa shape index (κ1) is 22.8. The van der Waals surface area contributed by atoms with E-state index >= 15 is 0 Å². The highest BCUT2D eigenvalue weighted by atomic mass is 35.5. The molecule has 1 saturated heterocycles. The minimum atomic E-state index is -0.217. The minimum Gasteiger partial charge on any atom is -0.350 e. The fourth-order valence-electron chi connectivity index (χ4n) is 4.51. The van der Waals surface area contributed by atoms with Crippen LogP contribution < -0.4 is 5.32 Å². The van der Waals surface area contributed by atoms with Crippen molar-refractivity contribution in [3.63, 3.8) is 0 Å². The number of nitrogens with one attached hydrogen (secondary N) is 1. The van der Waals surface area contributed by atoms with Gasteiger partial charge in [-0.1, -0.05) is 41.8 Å². The fraction of sp³-hybridized carbons (Fsp3) is 0.280. The van der Waals surface area contributed by atoms with Gasteiger partial charge in [-0.15, -0.1) is 0 Å². The van der Waals surface area contributed by atoms with Crippen molar-refractivity contribution in [3.8, 4) is 5.95 Å². The van der Waals surface area contributed by atoms with Gasteiger partial charge in [0.2, 0.25) is 5.95 Å². The number of likely N-dealkylation sites (tertiary alicyclic amines) is 1. The first-order chi connectivity index (χ1) is 16.6. The Morgan fingerprint density at radius 3 is 2.44 bits per heavy atom. The van der Waals surface area contributed by atoms with Crippen LogP contribution in [0.5, 0.6) is 0 Å². The number of halogens is 2. The standard InChI is InChI=1S/C25H24Cl2N6O/c26-18-7-5-17(6-8-18)21(32-13-2-1-3-14-32)15-31-24(34)19-16-33(25-29-10-4-11-30-25)23-22(19)20(27)9-12-28-23/h4-12,16,21H,1-3,13-15H2,(H,31,34). The third kappa shape index (κ3) is 4.64. The molecule has 0 saturated carbocycles. The molecule has 1 amide bonds. The van der Waals surface area contributed by atoms with Crippen LogP contribution in [0, 0.1) is 0 Å². The van der Waals surface area contributed by atoms with Crippen LogP contribution in [-0.4, -0.2) is 50.0 Å². The number of benzene rings is 1. The number of amides is 1. The summed E-state index contributed by atoms with van der Waals surface area (Å²) in [6, 6.07) is 11.3. The summed E-state index contributed by atoms with van der Waals surface area (Å²) < 4.78 is 1.69. The van der Waals surface area contributed by atoms with Crippen LogP contribution in [0.25, 0.3) is 17.0 Å². The smallest absolute Gasteiger partial charge is 0.253 e. The zero-order chi connectivity index (χ0) is 23.5. The Hall–Kier alpha value is -3.00. The zero-order valence-corrected chi connectivity index (χ0v) is 20.0. The van der Waals surface area contributed by atoms with E-state index in [1.165, 1.54) is 6.42 Å². The molecular weight excluding hydrogens is 471 g/mol. The van der Waals surface area contributed by atoms with E-state index in [9.17, 15) is 4.79 Å². The highest BCUT2D eigenvalue weighted by Gasteiger charge is 2.25. The van der Waals surface area contributed by atoms with Gasteiger partial charge in [0.25, 0.3) is 5.91 Å². The molecule has 7 nitrogen and oxygen atoms in total. The first-order valence-electron chi connectivity index (χ1n) is 11.3. The van der Waals surface area contributed by atoms with Crippen molar-refractivity contribution in [2.24, 2.45) is 0 Å². The summed E-state index contributed by atoms with van der Waals surface area (Å²) in [6.45, 7) is 2.47. The topological polar surface area (TPSA) is 75.9 Å². The minimum absolute atomic E-state index is 0.0564. The molecule has 4 aromatic rings. The molecule has 1 unspecified atom stereocenters. The molecule has 0 radical (unpaired) electrons. The summed E-state index contributed by atoms with van der Waals surface area (Å²) in [7, 11) is 0. The molecule has 4 heterocycles. The molecule has 174 valence electrons. The van der Waals surface area contributed by atoms with Gasteiger partial charge in [-0.2, -0.15) is 0 Å². The lowest BCUT2D eigenvalue weighted by Gasteiger charge is -2.35. The quantitative estimate of drug-likeness (QED) is 0.404. The van der Waals surface area contributed by atoms with E-state index in [1.54, 1.807) is 41.5 Å². The number of hydrogen-bond acceptors (Lipinski definition) is 5. The second-order valence-corrected chi connectivity index (χ2v) is 9.17. The van der Waals surface area contributed by atoms with E-state index in [4.69, 9.17) is 23.2 Å². The molecule has 0 aliphatic carbocycles. The average Bonchev–Trinajstić information content (AvgIpc) is 3.27. The number of fused-ring (bicyclic) bond motifs is 1. The van der Waals surface area contributed by atoms with Crippen molar-refractivity contribution < 1.29 is 4.79 Å². The van der Waals surface area contributed by atoms with Gasteiger partial charge in [-0.05, 0) is 55.8 Å². The summed E-state index contributed by atoms with van der Waals surface area (Å²) in [5.74, 6) is 0.208. The van der Waals surface area contributed by atoms with Crippen LogP contribution >= 0.6 is 23.2 Å². The van der Waals surface area contributed by atoms with Crippen molar-refractivity contribution in [2.45, 2.75) is 25.3 Å². The fourth-order valence-corrected chi connectivity index (χ4v) is 4.88. The third-order valence-electron chi connectivity index (χ3n) is 6.19. The maximum atomic E-state index is 13.4. The lowest BCUT2D eigenvalue weighted by Crippen LogP contribution is -2.40. The van der Waals surface area contributed by atoms with Crippen molar-refractivity contribution >= 4 is 40.1 Å². The third-order valence-corrected chi connectivity index (χ3v) is 6.76. The molecular formula is C25H24Cl2N6O. The molecule has 1 N–H and O–H groups in total. The van der Waals surface area contributed by atoms with Crippen molar-refractivity contribution in [2.75, 3.05) is 19.6 Å². The molecule has 1 atom stereocenters. The second-order valence-electron chi connectivity index (χ2n) is 8.33. The summed E-state index contributed by atoms with van der Waals surface area (Å²) >= 11 is 12.6. The van der Waals surface area contributed by atoms with E-state index in [0.29, 0.717) is 39.1 Å². The number of hydrogen-bond donors (Lipinski definition) is 1. The summed E-state index contributed by atoms with van der Waals surface area (Å²) in [6.07, 6.45) is 10.2. The van der Waals surface area contributed by atoms with E-state index in [1.807, 2.05) is 24.3 Å². The van der Waals surface area contributed by atoms with E-state index < -0.39 is 0 Å². The van der Waals surface area contributed by atoms with Gasteiger partial charge in [0.15, 0.2) is 0 Å². The van der Waals surface area contributed by atoms with Crippen LogP contribution in [0.1, 0.15) is 41.2 Å². The highest BCUT2D eigenvalue weighted by molar-refractivity contribution is 6.36. The molecule has 34 heavy (non-hydrogen) atoms. The largest absolute Gasteiger partial charge is 0.350 e. The lowest BCUT2D eigenvalue weighted by atomic mass is 10.0. The second kappa shape index (κ2) is 10.1. The molecule has 1 fully saturated rings. The number of aromatic nitrogens is 4. The monoisotopic (exact) mass is 494 g/mol. The van der Waals surface area contributed by atoms with Gasteiger partial charge in [0, 0.05) is 36.4 Å².